The van der Waals surface area contributed by atoms with Crippen LogP contribution < -0.4 is 4.90 Å². The fraction of sp³-hybridized carbons (Fsp3) is 0.429. The number of hydrogen-bond donors (Lipinski definition) is 2. The fourth-order valence-electron chi connectivity index (χ4n) is 5.13. The Morgan fingerprint density at radius 3 is 2.74 bits per heavy atom. The van der Waals surface area contributed by atoms with Crippen molar-refractivity contribution in [1.29, 1.82) is 0 Å². The third-order valence-electron chi connectivity index (χ3n) is 6.64. The van der Waals surface area contributed by atoms with Crippen LogP contribution in [0.3, 0.4) is 0 Å². The number of hydrogen-bond acceptors (Lipinski definition) is 6. The molecule has 2 aromatic heterocycles. The Bertz CT molecular complexity index is 1010. The zero-order chi connectivity index (χ0) is 18.8. The van der Waals surface area contributed by atoms with Gasteiger partial charge in [-0.15, -0.1) is 11.3 Å². The van der Waals surface area contributed by atoms with E-state index in [1.54, 1.807) is 17.7 Å². The largest absolute Gasteiger partial charge is 0.396 e. The number of aromatic nitrogens is 2. The zero-order valence-corrected chi connectivity index (χ0v) is 16.3. The summed E-state index contributed by atoms with van der Waals surface area (Å²) in [5, 5.41) is 22.1. The molecule has 0 amide bonds. The van der Waals surface area contributed by atoms with Crippen LogP contribution in [0.5, 0.6) is 0 Å². The molecule has 3 heterocycles. The van der Waals surface area contributed by atoms with Crippen LogP contribution in [0.1, 0.15) is 21.9 Å². The summed E-state index contributed by atoms with van der Waals surface area (Å²) in [6, 6.07) is 10.3. The van der Waals surface area contributed by atoms with E-state index < -0.39 is 6.10 Å². The molecule has 0 bridgehead atoms. The van der Waals surface area contributed by atoms with Crippen LogP contribution in [0, 0.1) is 25.2 Å². The van der Waals surface area contributed by atoms with E-state index in [2.05, 4.69) is 40.8 Å². The van der Waals surface area contributed by atoms with E-state index >= 15 is 0 Å². The smallest absolute Gasteiger partial charge is 0.141 e. The molecular formula is C21H23N3O2S. The molecule has 0 unspecified atom stereocenters. The van der Waals surface area contributed by atoms with Crippen molar-refractivity contribution in [2.75, 3.05) is 24.6 Å². The molecule has 27 heavy (non-hydrogen) atoms. The number of anilines is 1. The number of aryl methyl sites for hydroxylation is 2. The Morgan fingerprint density at radius 1 is 1.22 bits per heavy atom. The van der Waals surface area contributed by atoms with Gasteiger partial charge in [0.1, 0.15) is 17.0 Å². The Morgan fingerprint density at radius 2 is 2.00 bits per heavy atom. The van der Waals surface area contributed by atoms with Crippen LogP contribution in [-0.4, -0.2) is 46.0 Å². The summed E-state index contributed by atoms with van der Waals surface area (Å²) in [6.45, 7) is 5.57. The molecule has 1 aliphatic carbocycles. The van der Waals surface area contributed by atoms with Gasteiger partial charge in [0.25, 0.3) is 0 Å². The Labute approximate surface area is 162 Å². The summed E-state index contributed by atoms with van der Waals surface area (Å²) in [5.41, 5.74) is 2.12. The SMILES string of the molecule is Cc1sc2ncnc(N3C[C@@H](O)[C@@]4(C3)[C@H](CO)[C@H]4c3ccccc3)c2c1C. The molecule has 1 aromatic carbocycles. The van der Waals surface area contributed by atoms with E-state index in [1.807, 2.05) is 18.2 Å². The standard InChI is InChI=1S/C21H23N3O2S/c1-12-13(2)27-20-17(12)19(22-11-23-20)24-8-16(26)21(10-24)15(9-25)18(21)14-6-4-3-5-7-14/h3-7,11,15-16,18,25-26H,8-10H2,1-2H3/t15-,16-,18-,21-/m1/s1. The van der Waals surface area contributed by atoms with Crippen molar-refractivity contribution in [2.45, 2.75) is 25.9 Å². The van der Waals surface area contributed by atoms with Gasteiger partial charge in [0.15, 0.2) is 0 Å². The first-order chi connectivity index (χ1) is 13.1. The lowest BCUT2D eigenvalue weighted by Crippen LogP contribution is -2.23. The van der Waals surface area contributed by atoms with Gasteiger partial charge in [0, 0.05) is 30.0 Å². The molecule has 2 fully saturated rings. The van der Waals surface area contributed by atoms with Gasteiger partial charge in [-0.1, -0.05) is 30.3 Å². The maximum absolute atomic E-state index is 11.0. The predicted octanol–water partition coefficient (Wildman–Crippen LogP) is 2.88. The van der Waals surface area contributed by atoms with Gasteiger partial charge in [-0.05, 0) is 36.8 Å². The highest BCUT2D eigenvalue weighted by molar-refractivity contribution is 7.18. The number of aliphatic hydroxyl groups excluding tert-OH is 2. The number of thiophene rings is 1. The topological polar surface area (TPSA) is 69.5 Å². The number of rotatable bonds is 3. The minimum absolute atomic E-state index is 0.0857. The van der Waals surface area contributed by atoms with Crippen molar-refractivity contribution in [3.63, 3.8) is 0 Å². The van der Waals surface area contributed by atoms with Gasteiger partial charge >= 0.3 is 0 Å². The van der Waals surface area contributed by atoms with Crippen LogP contribution in [0.2, 0.25) is 0 Å². The number of aliphatic hydroxyl groups is 2. The second-order valence-electron chi connectivity index (χ2n) is 7.85. The third-order valence-corrected chi connectivity index (χ3v) is 7.76. The first kappa shape index (κ1) is 17.1. The van der Waals surface area contributed by atoms with E-state index in [9.17, 15) is 10.2 Å². The van der Waals surface area contributed by atoms with E-state index in [1.165, 1.54) is 16.0 Å². The van der Waals surface area contributed by atoms with Crippen molar-refractivity contribution in [1.82, 2.24) is 9.97 Å². The third kappa shape index (κ3) is 2.30. The summed E-state index contributed by atoms with van der Waals surface area (Å²) in [6.07, 6.45) is 1.14. The molecule has 2 aliphatic rings. The summed E-state index contributed by atoms with van der Waals surface area (Å²) in [7, 11) is 0. The molecule has 0 radical (unpaired) electrons. The fourth-order valence-corrected chi connectivity index (χ4v) is 6.12. The summed E-state index contributed by atoms with van der Waals surface area (Å²) in [5.74, 6) is 1.18. The van der Waals surface area contributed by atoms with Crippen molar-refractivity contribution < 1.29 is 10.2 Å². The van der Waals surface area contributed by atoms with Crippen molar-refractivity contribution in [3.8, 4) is 0 Å². The van der Waals surface area contributed by atoms with Crippen LogP contribution in [0.25, 0.3) is 10.2 Å². The molecule has 1 saturated heterocycles. The van der Waals surface area contributed by atoms with Gasteiger partial charge in [-0.25, -0.2) is 9.97 Å². The lowest BCUT2D eigenvalue weighted by molar-refractivity contribution is 0.113. The molecule has 5 rings (SSSR count). The molecule has 4 atom stereocenters. The first-order valence-corrected chi connectivity index (χ1v) is 10.2. The highest BCUT2D eigenvalue weighted by Crippen LogP contribution is 2.69. The van der Waals surface area contributed by atoms with Gasteiger partial charge < -0.3 is 15.1 Å². The Hall–Kier alpha value is -2.02. The molecule has 140 valence electrons. The predicted molar refractivity (Wildman–Crippen MR) is 107 cm³/mol. The zero-order valence-electron chi connectivity index (χ0n) is 15.5. The summed E-state index contributed by atoms with van der Waals surface area (Å²) in [4.78, 5) is 13.5. The lowest BCUT2D eigenvalue weighted by Gasteiger charge is -2.18. The van der Waals surface area contributed by atoms with Crippen LogP contribution in [-0.2, 0) is 0 Å². The maximum Gasteiger partial charge on any atom is 0.141 e. The molecule has 2 N–H and O–H groups in total. The lowest BCUT2D eigenvalue weighted by atomic mass is 9.95. The van der Waals surface area contributed by atoms with Gasteiger partial charge in [0.05, 0.1) is 11.5 Å². The Kier molecular flexibility index (Phi) is 3.79. The maximum atomic E-state index is 11.0. The second kappa shape index (κ2) is 5.99. The summed E-state index contributed by atoms with van der Waals surface area (Å²) >= 11 is 1.69. The molecular weight excluding hydrogens is 358 g/mol. The van der Waals surface area contributed by atoms with E-state index in [4.69, 9.17) is 0 Å². The van der Waals surface area contributed by atoms with Crippen molar-refractivity contribution >= 4 is 27.4 Å². The average molecular weight is 382 g/mol. The number of β-amino-alcohol motifs (C(OH)–C–C–N with tert-alkyl or cyclic N) is 1. The minimum Gasteiger partial charge on any atom is -0.396 e. The first-order valence-electron chi connectivity index (χ1n) is 9.37. The van der Waals surface area contributed by atoms with Crippen molar-refractivity contribution in [2.24, 2.45) is 11.3 Å². The van der Waals surface area contributed by atoms with E-state index in [-0.39, 0.29) is 23.9 Å². The quantitative estimate of drug-likeness (QED) is 0.730. The van der Waals surface area contributed by atoms with Crippen molar-refractivity contribution in [3.05, 3.63) is 52.7 Å². The molecule has 1 spiro atoms. The van der Waals surface area contributed by atoms with Gasteiger partial charge in [-0.2, -0.15) is 0 Å². The Balaban J connectivity index is 1.54. The van der Waals surface area contributed by atoms with Gasteiger partial charge in [0.2, 0.25) is 0 Å². The molecule has 5 nitrogen and oxygen atoms in total. The molecule has 6 heteroatoms. The number of nitrogens with zero attached hydrogens (tertiary/aromatic N) is 3. The number of benzene rings is 1. The number of fused-ring (bicyclic) bond motifs is 1. The van der Waals surface area contributed by atoms with Crippen LogP contribution in [0.15, 0.2) is 36.7 Å². The minimum atomic E-state index is -0.482. The molecule has 1 saturated carbocycles. The van der Waals surface area contributed by atoms with E-state index in [0.717, 1.165) is 16.0 Å². The average Bonchev–Trinajstić information content (AvgIpc) is 3.08. The normalized spacial score (nSPS) is 29.8. The monoisotopic (exact) mass is 381 g/mol. The van der Waals surface area contributed by atoms with E-state index in [0.29, 0.717) is 13.1 Å². The van der Waals surface area contributed by atoms with Crippen LogP contribution >= 0.6 is 11.3 Å². The van der Waals surface area contributed by atoms with Gasteiger partial charge in [-0.3, -0.25) is 0 Å². The summed E-state index contributed by atoms with van der Waals surface area (Å²) < 4.78 is 0. The molecule has 3 aromatic rings. The second-order valence-corrected chi connectivity index (χ2v) is 9.05. The van der Waals surface area contributed by atoms with Crippen LogP contribution in [0.4, 0.5) is 5.82 Å². The highest BCUT2D eigenvalue weighted by atomic mass is 32.1. The highest BCUT2D eigenvalue weighted by Gasteiger charge is 2.71. The molecule has 1 aliphatic heterocycles.